The van der Waals surface area contributed by atoms with Gasteiger partial charge in [0.05, 0.1) is 11.7 Å². The monoisotopic (exact) mass is 342 g/mol. The van der Waals surface area contributed by atoms with Crippen LogP contribution in [0.4, 0.5) is 0 Å². The van der Waals surface area contributed by atoms with Gasteiger partial charge in [0.2, 0.25) is 5.91 Å². The first kappa shape index (κ1) is 13.9. The molecule has 1 heterocycles. The summed E-state index contributed by atoms with van der Waals surface area (Å²) in [6.07, 6.45) is 2.08. The molecule has 1 aliphatic heterocycles. The van der Waals surface area contributed by atoms with Gasteiger partial charge in [-0.15, -0.1) is 0 Å². The summed E-state index contributed by atoms with van der Waals surface area (Å²) in [5.41, 5.74) is 6.30. The van der Waals surface area contributed by atoms with Gasteiger partial charge in [0.25, 0.3) is 0 Å². The molecule has 0 aromatic heterocycles. The molecule has 0 saturated heterocycles. The molecule has 0 saturated carbocycles. The molecule has 1 amide bonds. The van der Waals surface area contributed by atoms with Crippen LogP contribution in [0.1, 0.15) is 24.1 Å². The number of nitrogens with one attached hydrogen (secondary N) is 1. The largest absolute Gasteiger partial charge is 0.295 e. The molecule has 0 aliphatic carbocycles. The van der Waals surface area contributed by atoms with Gasteiger partial charge in [-0.3, -0.25) is 10.2 Å². The molecule has 0 radical (unpaired) electrons. The molecule has 1 atom stereocenters. The maximum absolute atomic E-state index is 11.9. The minimum Gasteiger partial charge on any atom is -0.295 e. The van der Waals surface area contributed by atoms with Gasteiger partial charge < -0.3 is 0 Å². The topological polar surface area (TPSA) is 32.3 Å². The Bertz CT molecular complexity index is 680. The molecule has 0 unspecified atom stereocenters. The number of halogens is 1. The smallest absolute Gasteiger partial charge is 0.238 e. The van der Waals surface area contributed by atoms with Crippen LogP contribution in [0.15, 0.2) is 65.1 Å². The predicted molar refractivity (Wildman–Crippen MR) is 87.0 cm³/mol. The van der Waals surface area contributed by atoms with Crippen LogP contribution in [0.2, 0.25) is 0 Å². The zero-order chi connectivity index (χ0) is 14.8. The van der Waals surface area contributed by atoms with Crippen LogP contribution in [0.25, 0.3) is 5.70 Å². The molecule has 0 fully saturated rings. The Balaban J connectivity index is 1.97. The van der Waals surface area contributed by atoms with Crippen LogP contribution in [0, 0.1) is 0 Å². The van der Waals surface area contributed by atoms with E-state index in [1.165, 1.54) is 0 Å². The minimum atomic E-state index is -0.0812. The van der Waals surface area contributed by atoms with Gasteiger partial charge in [0.15, 0.2) is 0 Å². The number of hydrogen-bond donors (Lipinski definition) is 1. The average Bonchev–Trinajstić information content (AvgIpc) is 2.94. The molecule has 0 spiro atoms. The lowest BCUT2D eigenvalue weighted by Crippen LogP contribution is -2.37. The number of rotatable bonds is 2. The second-order valence-corrected chi connectivity index (χ2v) is 5.86. The number of carbonyl (C=O) groups excluding carboxylic acids is 1. The van der Waals surface area contributed by atoms with E-state index in [1.54, 1.807) is 11.9 Å². The van der Waals surface area contributed by atoms with Crippen molar-refractivity contribution in [3.63, 3.8) is 0 Å². The van der Waals surface area contributed by atoms with E-state index in [9.17, 15) is 4.79 Å². The third-order valence-electron chi connectivity index (χ3n) is 3.48. The Kier molecular flexibility index (Phi) is 3.80. The number of hydrogen-bond acceptors (Lipinski definition) is 2. The van der Waals surface area contributed by atoms with Crippen molar-refractivity contribution >= 4 is 27.5 Å². The molecule has 21 heavy (non-hydrogen) atoms. The van der Waals surface area contributed by atoms with E-state index in [-0.39, 0.29) is 11.9 Å². The average molecular weight is 343 g/mol. The van der Waals surface area contributed by atoms with E-state index in [4.69, 9.17) is 0 Å². The number of nitrogens with zero attached hydrogens (tertiary/aromatic N) is 1. The van der Waals surface area contributed by atoms with Gasteiger partial charge in [-0.2, -0.15) is 0 Å². The molecule has 1 N–H and O–H groups in total. The predicted octanol–water partition coefficient (Wildman–Crippen LogP) is 3.90. The zero-order valence-electron chi connectivity index (χ0n) is 11.6. The number of amides is 1. The number of benzene rings is 2. The van der Waals surface area contributed by atoms with Crippen molar-refractivity contribution in [2.24, 2.45) is 0 Å². The molecule has 2 aromatic rings. The molecule has 2 aromatic carbocycles. The Hall–Kier alpha value is -2.07. The van der Waals surface area contributed by atoms with Crippen LogP contribution in [0.3, 0.4) is 0 Å². The Labute approximate surface area is 132 Å². The first-order valence-corrected chi connectivity index (χ1v) is 7.53. The van der Waals surface area contributed by atoms with Gasteiger partial charge >= 0.3 is 0 Å². The summed E-state index contributed by atoms with van der Waals surface area (Å²) in [5.74, 6) is -0.00721. The maximum Gasteiger partial charge on any atom is 0.238 e. The normalized spacial score (nSPS) is 17.3. The van der Waals surface area contributed by atoms with E-state index < -0.39 is 0 Å². The molecular weight excluding hydrogens is 328 g/mol. The van der Waals surface area contributed by atoms with Crippen molar-refractivity contribution in [3.8, 4) is 0 Å². The molecular formula is C17H15BrN2O. The molecule has 3 nitrogen and oxygen atoms in total. The fourth-order valence-electron chi connectivity index (χ4n) is 2.43. The lowest BCUT2D eigenvalue weighted by molar-refractivity contribution is -0.132. The third kappa shape index (κ3) is 2.85. The van der Waals surface area contributed by atoms with E-state index in [0.717, 1.165) is 21.3 Å². The summed E-state index contributed by atoms with van der Waals surface area (Å²) in [6.45, 7) is 1.57. The van der Waals surface area contributed by atoms with Gasteiger partial charge in [-0.05, 0) is 29.3 Å². The van der Waals surface area contributed by atoms with Crippen molar-refractivity contribution < 1.29 is 4.79 Å². The fourth-order valence-corrected chi connectivity index (χ4v) is 2.69. The number of carbonyl (C=O) groups is 1. The van der Waals surface area contributed by atoms with Crippen molar-refractivity contribution in [1.29, 1.82) is 0 Å². The molecule has 1 aliphatic rings. The highest BCUT2D eigenvalue weighted by atomic mass is 79.9. The minimum absolute atomic E-state index is 0.00721. The molecule has 106 valence electrons. The van der Waals surface area contributed by atoms with Crippen molar-refractivity contribution in [2.45, 2.75) is 13.0 Å². The van der Waals surface area contributed by atoms with Crippen molar-refractivity contribution in [3.05, 3.63) is 76.3 Å². The van der Waals surface area contributed by atoms with Crippen LogP contribution in [0.5, 0.6) is 0 Å². The summed E-state index contributed by atoms with van der Waals surface area (Å²) >= 11 is 3.43. The molecule has 4 heteroatoms. The second-order valence-electron chi connectivity index (χ2n) is 4.94. The fraction of sp³-hybridized carbons (Fsp3) is 0.118. The Morgan fingerprint density at radius 1 is 1.10 bits per heavy atom. The summed E-state index contributed by atoms with van der Waals surface area (Å²) in [7, 11) is 0. The first-order valence-electron chi connectivity index (χ1n) is 6.74. The summed E-state index contributed by atoms with van der Waals surface area (Å²) in [5, 5.41) is 1.66. The highest BCUT2D eigenvalue weighted by molar-refractivity contribution is 9.10. The Morgan fingerprint density at radius 2 is 1.76 bits per heavy atom. The van der Waals surface area contributed by atoms with Crippen molar-refractivity contribution in [2.75, 3.05) is 0 Å². The van der Waals surface area contributed by atoms with Crippen LogP contribution in [-0.4, -0.2) is 10.9 Å². The highest BCUT2D eigenvalue weighted by Crippen LogP contribution is 2.31. The first-order chi connectivity index (χ1) is 10.1. The summed E-state index contributed by atoms with van der Waals surface area (Å²) < 4.78 is 1.04. The summed E-state index contributed by atoms with van der Waals surface area (Å²) in [4.78, 5) is 11.9. The van der Waals surface area contributed by atoms with Gasteiger partial charge in [-0.25, -0.2) is 5.01 Å². The van der Waals surface area contributed by atoms with E-state index in [2.05, 4.69) is 27.4 Å². The summed E-state index contributed by atoms with van der Waals surface area (Å²) in [6, 6.07) is 18.0. The van der Waals surface area contributed by atoms with E-state index in [0.29, 0.717) is 0 Å². The molecule has 3 rings (SSSR count). The SMILES string of the molecule is CC(=O)N1NC(c2ccc(Br)cc2)=C[C@H]1c1ccccc1. The van der Waals surface area contributed by atoms with Gasteiger partial charge in [0.1, 0.15) is 0 Å². The molecule has 0 bridgehead atoms. The number of hydrazine groups is 1. The Morgan fingerprint density at radius 3 is 2.38 bits per heavy atom. The van der Waals surface area contributed by atoms with Crippen LogP contribution < -0.4 is 5.43 Å². The highest BCUT2D eigenvalue weighted by Gasteiger charge is 2.28. The van der Waals surface area contributed by atoms with E-state index >= 15 is 0 Å². The quantitative estimate of drug-likeness (QED) is 0.897. The van der Waals surface area contributed by atoms with Crippen LogP contribution in [-0.2, 0) is 4.79 Å². The van der Waals surface area contributed by atoms with Crippen LogP contribution >= 0.6 is 15.9 Å². The van der Waals surface area contributed by atoms with E-state index in [1.807, 2.05) is 54.6 Å². The van der Waals surface area contributed by atoms with Gasteiger partial charge in [0, 0.05) is 11.4 Å². The second kappa shape index (κ2) is 5.74. The van der Waals surface area contributed by atoms with Gasteiger partial charge in [-0.1, -0.05) is 58.4 Å². The third-order valence-corrected chi connectivity index (χ3v) is 4.01. The lowest BCUT2D eigenvalue weighted by atomic mass is 10.0. The maximum atomic E-state index is 11.9. The lowest BCUT2D eigenvalue weighted by Gasteiger charge is -2.24. The van der Waals surface area contributed by atoms with Crippen molar-refractivity contribution in [1.82, 2.24) is 10.4 Å². The standard InChI is InChI=1S/C17H15BrN2O/c1-12(21)20-17(14-5-3-2-4-6-14)11-16(19-20)13-7-9-15(18)10-8-13/h2-11,17,19H,1H3/t17-/m0/s1. The zero-order valence-corrected chi connectivity index (χ0v) is 13.2.